The number of fused-ring (bicyclic) bond motifs is 1. The van der Waals surface area contributed by atoms with Crippen molar-refractivity contribution in [3.05, 3.63) is 69.8 Å². The zero-order valence-corrected chi connectivity index (χ0v) is 18.0. The number of carbonyl (C=O) groups is 1. The number of H-pyrrole nitrogens is 1. The molecule has 1 aliphatic heterocycles. The molecule has 1 saturated heterocycles. The molecule has 4 rings (SSSR count). The van der Waals surface area contributed by atoms with Gasteiger partial charge < -0.3 is 24.1 Å². The van der Waals surface area contributed by atoms with Crippen molar-refractivity contribution in [2.75, 3.05) is 27.4 Å². The second-order valence-corrected chi connectivity index (χ2v) is 7.75. The molecule has 2 heterocycles. The Bertz CT molecular complexity index is 1170. The largest absolute Gasteiger partial charge is 0.493 e. The lowest BCUT2D eigenvalue weighted by molar-refractivity contribution is 0.0506. The summed E-state index contributed by atoms with van der Waals surface area (Å²) in [5.41, 5.74) is 1.09. The van der Waals surface area contributed by atoms with Crippen LogP contribution in [0.3, 0.4) is 0 Å². The fourth-order valence-electron chi connectivity index (χ4n) is 3.93. The number of nitrogens with zero attached hydrogens (tertiary/aromatic N) is 1. The average molecular weight is 440 g/mol. The van der Waals surface area contributed by atoms with Gasteiger partial charge >= 0.3 is 0 Å². The highest BCUT2D eigenvalue weighted by atomic mass is 19.1. The number of amides is 1. The molecule has 7 nitrogen and oxygen atoms in total. The third-order valence-corrected chi connectivity index (χ3v) is 5.61. The number of pyridine rings is 1. The van der Waals surface area contributed by atoms with Gasteiger partial charge in [0.1, 0.15) is 5.82 Å². The van der Waals surface area contributed by atoms with Crippen molar-refractivity contribution < 1.29 is 23.4 Å². The molecular weight excluding hydrogens is 415 g/mol. The normalized spacial score (nSPS) is 15.7. The molecule has 32 heavy (non-hydrogen) atoms. The van der Waals surface area contributed by atoms with E-state index in [4.69, 9.17) is 14.2 Å². The smallest absolute Gasteiger partial charge is 0.254 e. The first kappa shape index (κ1) is 21.8. The van der Waals surface area contributed by atoms with E-state index >= 15 is 0 Å². The molecule has 1 amide bonds. The van der Waals surface area contributed by atoms with Crippen molar-refractivity contribution in [1.82, 2.24) is 9.88 Å². The minimum Gasteiger partial charge on any atom is -0.493 e. The molecular formula is C24H25FN2O5. The number of aromatic amines is 1. The molecule has 0 saturated carbocycles. The van der Waals surface area contributed by atoms with Crippen LogP contribution < -0.4 is 15.0 Å². The minimum absolute atomic E-state index is 0.0929. The Labute approximate surface area is 184 Å². The zero-order chi connectivity index (χ0) is 22.7. The number of halogens is 1. The number of rotatable bonds is 7. The van der Waals surface area contributed by atoms with Crippen LogP contribution in [0.15, 0.2) is 47.3 Å². The number of nitrogens with one attached hydrogen (secondary N) is 1. The first-order chi connectivity index (χ1) is 15.5. The molecule has 1 fully saturated rings. The lowest BCUT2D eigenvalue weighted by atomic mass is 10.1. The summed E-state index contributed by atoms with van der Waals surface area (Å²) in [6.45, 7) is 1.09. The standard InChI is InChI=1S/C24H25FN2O5/c1-30-21-11-16-10-17(23(28)26-20(16)12-22(21)31-2)13-27(14-19-4-3-9-32-19)24(29)15-5-7-18(25)8-6-15/h5-8,10-12,19H,3-4,9,13-14H2,1-2H3,(H,26,28)/t19-/m0/s1. The lowest BCUT2D eigenvalue weighted by Crippen LogP contribution is -2.38. The van der Waals surface area contributed by atoms with E-state index in [-0.39, 0.29) is 24.1 Å². The monoisotopic (exact) mass is 440 g/mol. The first-order valence-corrected chi connectivity index (χ1v) is 10.4. The van der Waals surface area contributed by atoms with Crippen molar-refractivity contribution in [3.8, 4) is 11.5 Å². The van der Waals surface area contributed by atoms with Crippen LogP contribution in [0.25, 0.3) is 10.9 Å². The maximum absolute atomic E-state index is 13.3. The van der Waals surface area contributed by atoms with E-state index in [9.17, 15) is 14.0 Å². The zero-order valence-electron chi connectivity index (χ0n) is 18.0. The molecule has 2 aromatic carbocycles. The van der Waals surface area contributed by atoms with Crippen LogP contribution in [-0.2, 0) is 11.3 Å². The molecule has 0 radical (unpaired) electrons. The number of carbonyl (C=O) groups excluding carboxylic acids is 1. The third-order valence-electron chi connectivity index (χ3n) is 5.61. The summed E-state index contributed by atoms with van der Waals surface area (Å²) in [4.78, 5) is 30.5. The van der Waals surface area contributed by atoms with Crippen molar-refractivity contribution in [2.24, 2.45) is 0 Å². The summed E-state index contributed by atoms with van der Waals surface area (Å²) in [7, 11) is 3.07. The van der Waals surface area contributed by atoms with Crippen LogP contribution in [0.1, 0.15) is 28.8 Å². The van der Waals surface area contributed by atoms with Crippen molar-refractivity contribution in [1.29, 1.82) is 0 Å². The van der Waals surface area contributed by atoms with E-state index in [0.717, 1.165) is 18.2 Å². The molecule has 0 spiro atoms. The van der Waals surface area contributed by atoms with Crippen LogP contribution in [0, 0.1) is 5.82 Å². The van der Waals surface area contributed by atoms with Gasteiger partial charge in [0.2, 0.25) is 0 Å². The molecule has 0 unspecified atom stereocenters. The Balaban J connectivity index is 1.68. The van der Waals surface area contributed by atoms with Crippen LogP contribution in [-0.4, -0.2) is 49.3 Å². The van der Waals surface area contributed by atoms with Crippen molar-refractivity contribution in [3.63, 3.8) is 0 Å². The Morgan fingerprint density at radius 3 is 2.53 bits per heavy atom. The quantitative estimate of drug-likeness (QED) is 0.608. The van der Waals surface area contributed by atoms with Gasteiger partial charge in [-0.3, -0.25) is 9.59 Å². The van der Waals surface area contributed by atoms with Crippen LogP contribution in [0.5, 0.6) is 11.5 Å². The predicted molar refractivity (Wildman–Crippen MR) is 118 cm³/mol. The third kappa shape index (κ3) is 4.60. The highest BCUT2D eigenvalue weighted by Gasteiger charge is 2.25. The Kier molecular flexibility index (Phi) is 6.41. The Morgan fingerprint density at radius 2 is 1.88 bits per heavy atom. The molecule has 3 aromatic rings. The lowest BCUT2D eigenvalue weighted by Gasteiger charge is -2.25. The summed E-state index contributed by atoms with van der Waals surface area (Å²) < 4.78 is 29.7. The summed E-state index contributed by atoms with van der Waals surface area (Å²) in [5.74, 6) is 0.348. The van der Waals surface area contributed by atoms with Crippen molar-refractivity contribution in [2.45, 2.75) is 25.5 Å². The van der Waals surface area contributed by atoms with E-state index in [1.807, 2.05) is 0 Å². The van der Waals surface area contributed by atoms with Crippen LogP contribution in [0.2, 0.25) is 0 Å². The molecule has 8 heteroatoms. The second-order valence-electron chi connectivity index (χ2n) is 7.75. The van der Waals surface area contributed by atoms with Gasteiger partial charge in [0.15, 0.2) is 11.5 Å². The SMILES string of the molecule is COc1cc2cc(CN(C[C@@H]3CCCO3)C(=O)c3ccc(F)cc3)c(=O)[nH]c2cc1OC. The van der Waals surface area contributed by atoms with Gasteiger partial charge in [-0.1, -0.05) is 0 Å². The fraction of sp³-hybridized carbons (Fsp3) is 0.333. The highest BCUT2D eigenvalue weighted by molar-refractivity contribution is 5.94. The van der Waals surface area contributed by atoms with E-state index in [0.29, 0.717) is 41.3 Å². The Morgan fingerprint density at radius 1 is 1.16 bits per heavy atom. The maximum Gasteiger partial charge on any atom is 0.254 e. The second kappa shape index (κ2) is 9.40. The van der Waals surface area contributed by atoms with Gasteiger partial charge in [-0.25, -0.2) is 4.39 Å². The molecule has 1 N–H and O–H groups in total. The summed E-state index contributed by atoms with van der Waals surface area (Å²) in [6.07, 6.45) is 1.68. The molecule has 1 aromatic heterocycles. The summed E-state index contributed by atoms with van der Waals surface area (Å²) >= 11 is 0. The summed E-state index contributed by atoms with van der Waals surface area (Å²) in [5, 5.41) is 0.753. The van der Waals surface area contributed by atoms with E-state index in [1.165, 1.54) is 31.4 Å². The van der Waals surface area contributed by atoms with Gasteiger partial charge in [-0.2, -0.15) is 0 Å². The molecule has 168 valence electrons. The van der Waals surface area contributed by atoms with Gasteiger partial charge in [0.25, 0.3) is 11.5 Å². The number of benzene rings is 2. The van der Waals surface area contributed by atoms with Crippen LogP contribution in [0.4, 0.5) is 4.39 Å². The highest BCUT2D eigenvalue weighted by Crippen LogP contribution is 2.31. The molecule has 1 aliphatic rings. The van der Waals surface area contributed by atoms with Gasteiger partial charge in [0.05, 0.1) is 32.4 Å². The summed E-state index contributed by atoms with van der Waals surface area (Å²) in [6, 6.07) is 10.6. The molecule has 1 atom stereocenters. The molecule has 0 aliphatic carbocycles. The fourth-order valence-corrected chi connectivity index (χ4v) is 3.93. The van der Waals surface area contributed by atoms with E-state index in [1.54, 1.807) is 30.2 Å². The first-order valence-electron chi connectivity index (χ1n) is 10.4. The number of ether oxygens (including phenoxy) is 3. The van der Waals surface area contributed by atoms with Gasteiger partial charge in [0, 0.05) is 35.7 Å². The number of methoxy groups -OCH3 is 2. The predicted octanol–water partition coefficient (Wildman–Crippen LogP) is 3.51. The Hall–Kier alpha value is -3.39. The average Bonchev–Trinajstić information content (AvgIpc) is 3.31. The van der Waals surface area contributed by atoms with Gasteiger partial charge in [-0.15, -0.1) is 0 Å². The number of hydrogen-bond acceptors (Lipinski definition) is 5. The van der Waals surface area contributed by atoms with E-state index in [2.05, 4.69) is 4.98 Å². The molecule has 0 bridgehead atoms. The maximum atomic E-state index is 13.3. The van der Waals surface area contributed by atoms with E-state index < -0.39 is 5.82 Å². The number of hydrogen-bond donors (Lipinski definition) is 1. The van der Waals surface area contributed by atoms with Crippen molar-refractivity contribution >= 4 is 16.8 Å². The topological polar surface area (TPSA) is 80.9 Å². The van der Waals surface area contributed by atoms with Crippen LogP contribution >= 0.6 is 0 Å². The number of aromatic nitrogens is 1. The minimum atomic E-state index is -0.414. The van der Waals surface area contributed by atoms with Gasteiger partial charge in [-0.05, 0) is 49.2 Å².